The molecule has 5 nitrogen and oxygen atoms in total. The number of ether oxygens (including phenoxy) is 1. The number of hydrogen-bond donors (Lipinski definition) is 2. The van der Waals surface area contributed by atoms with Crippen molar-refractivity contribution in [3.8, 4) is 0 Å². The van der Waals surface area contributed by atoms with Crippen LogP contribution in [0.2, 0.25) is 0 Å². The Balaban J connectivity index is 2.56. The number of aliphatic hydroxyl groups excluding tert-OH is 1. The minimum absolute atomic E-state index is 0.0482. The van der Waals surface area contributed by atoms with Crippen LogP contribution in [-0.2, 0) is 11.3 Å². The molecule has 1 atom stereocenters. The Morgan fingerprint density at radius 1 is 1.50 bits per heavy atom. The quantitative estimate of drug-likeness (QED) is 0.738. The molecule has 0 aliphatic heterocycles. The second-order valence-electron chi connectivity index (χ2n) is 4.44. The molecule has 0 saturated carbocycles. The number of pyridine rings is 1. The van der Waals surface area contributed by atoms with Gasteiger partial charge in [-0.1, -0.05) is 13.8 Å². The summed E-state index contributed by atoms with van der Waals surface area (Å²) >= 11 is 0. The maximum atomic E-state index is 11.2. The molecule has 1 heterocycles. The molecule has 1 unspecified atom stereocenters. The van der Waals surface area contributed by atoms with Gasteiger partial charge in [-0.3, -0.25) is 4.98 Å². The van der Waals surface area contributed by atoms with Gasteiger partial charge in [0.1, 0.15) is 0 Å². The monoisotopic (exact) mass is 252 g/mol. The molecule has 0 aliphatic carbocycles. The number of methoxy groups -OCH3 is 1. The van der Waals surface area contributed by atoms with E-state index >= 15 is 0 Å². The van der Waals surface area contributed by atoms with E-state index in [1.165, 1.54) is 13.3 Å². The van der Waals surface area contributed by atoms with Crippen molar-refractivity contribution in [2.24, 2.45) is 5.92 Å². The van der Waals surface area contributed by atoms with Gasteiger partial charge in [-0.05, 0) is 18.1 Å². The first-order valence-corrected chi connectivity index (χ1v) is 5.96. The van der Waals surface area contributed by atoms with Crippen LogP contribution in [0.5, 0.6) is 0 Å². The van der Waals surface area contributed by atoms with Crippen LogP contribution in [0.1, 0.15) is 29.9 Å². The predicted molar refractivity (Wildman–Crippen MR) is 68.1 cm³/mol. The SMILES string of the molecule is COC(=O)c1ccc(CNC(CO)C(C)C)nc1. The Kier molecular flexibility index (Phi) is 5.74. The zero-order valence-corrected chi connectivity index (χ0v) is 11.0. The van der Waals surface area contributed by atoms with Gasteiger partial charge in [0.05, 0.1) is 25.0 Å². The van der Waals surface area contributed by atoms with Gasteiger partial charge >= 0.3 is 5.97 Å². The van der Waals surface area contributed by atoms with Crippen molar-refractivity contribution in [3.05, 3.63) is 29.6 Å². The highest BCUT2D eigenvalue weighted by molar-refractivity contribution is 5.88. The zero-order valence-electron chi connectivity index (χ0n) is 11.0. The molecule has 100 valence electrons. The highest BCUT2D eigenvalue weighted by Crippen LogP contribution is 2.04. The Morgan fingerprint density at radius 3 is 2.67 bits per heavy atom. The number of nitrogens with zero attached hydrogens (tertiary/aromatic N) is 1. The highest BCUT2D eigenvalue weighted by Gasteiger charge is 2.11. The standard InChI is InChI=1S/C13H20N2O3/c1-9(2)12(8-16)15-7-11-5-4-10(6-14-11)13(17)18-3/h4-6,9,12,15-16H,7-8H2,1-3H3. The fourth-order valence-electron chi connectivity index (χ4n) is 1.51. The summed E-state index contributed by atoms with van der Waals surface area (Å²) in [5.74, 6) is -0.0400. The summed E-state index contributed by atoms with van der Waals surface area (Å²) in [5.41, 5.74) is 1.26. The van der Waals surface area contributed by atoms with Crippen LogP contribution in [0, 0.1) is 5.92 Å². The first kappa shape index (κ1) is 14.6. The molecule has 1 aromatic heterocycles. The van der Waals surface area contributed by atoms with Crippen molar-refractivity contribution >= 4 is 5.97 Å². The van der Waals surface area contributed by atoms with E-state index in [-0.39, 0.29) is 12.6 Å². The molecule has 1 aromatic rings. The van der Waals surface area contributed by atoms with Crippen LogP contribution in [-0.4, -0.2) is 35.8 Å². The van der Waals surface area contributed by atoms with Gasteiger partial charge in [0.2, 0.25) is 0 Å². The molecule has 2 N–H and O–H groups in total. The number of rotatable bonds is 6. The number of nitrogens with one attached hydrogen (secondary N) is 1. The molecule has 0 spiro atoms. The number of esters is 1. The summed E-state index contributed by atoms with van der Waals surface area (Å²) in [4.78, 5) is 15.4. The largest absolute Gasteiger partial charge is 0.465 e. The van der Waals surface area contributed by atoms with E-state index in [1.54, 1.807) is 12.1 Å². The highest BCUT2D eigenvalue weighted by atomic mass is 16.5. The van der Waals surface area contributed by atoms with Crippen LogP contribution in [0.15, 0.2) is 18.3 Å². The normalized spacial score (nSPS) is 12.5. The first-order valence-electron chi connectivity index (χ1n) is 5.96. The lowest BCUT2D eigenvalue weighted by molar-refractivity contribution is 0.0600. The molecular formula is C13H20N2O3. The molecule has 5 heteroatoms. The van der Waals surface area contributed by atoms with Crippen molar-refractivity contribution in [1.82, 2.24) is 10.3 Å². The summed E-state index contributed by atoms with van der Waals surface area (Å²) < 4.78 is 4.60. The molecule has 0 saturated heterocycles. The van der Waals surface area contributed by atoms with E-state index in [2.05, 4.69) is 15.0 Å². The van der Waals surface area contributed by atoms with Crippen molar-refractivity contribution in [2.45, 2.75) is 26.4 Å². The number of carbonyl (C=O) groups is 1. The number of aromatic nitrogens is 1. The van der Waals surface area contributed by atoms with Gasteiger partial charge in [-0.25, -0.2) is 4.79 Å². The molecule has 0 radical (unpaired) electrons. The lowest BCUT2D eigenvalue weighted by Crippen LogP contribution is -2.36. The molecule has 0 aromatic carbocycles. The van der Waals surface area contributed by atoms with Crippen LogP contribution in [0.4, 0.5) is 0 Å². The van der Waals surface area contributed by atoms with Gasteiger partial charge < -0.3 is 15.2 Å². The Bertz CT molecular complexity index is 376. The summed E-state index contributed by atoms with van der Waals surface area (Å²) in [6.07, 6.45) is 1.49. The van der Waals surface area contributed by atoms with Gasteiger partial charge in [-0.15, -0.1) is 0 Å². The number of hydrogen-bond acceptors (Lipinski definition) is 5. The minimum atomic E-state index is -0.391. The summed E-state index contributed by atoms with van der Waals surface area (Å²) in [5, 5.41) is 12.4. The molecule has 1 rings (SSSR count). The fraction of sp³-hybridized carbons (Fsp3) is 0.538. The predicted octanol–water partition coefficient (Wildman–Crippen LogP) is 0.975. The summed E-state index contributed by atoms with van der Waals surface area (Å²) in [6, 6.07) is 3.50. The summed E-state index contributed by atoms with van der Waals surface area (Å²) in [6.45, 7) is 4.74. The Hall–Kier alpha value is -1.46. The van der Waals surface area contributed by atoms with Crippen LogP contribution < -0.4 is 5.32 Å². The van der Waals surface area contributed by atoms with E-state index in [0.29, 0.717) is 18.0 Å². The third-order valence-corrected chi connectivity index (χ3v) is 2.79. The first-order chi connectivity index (χ1) is 8.58. The van der Waals surface area contributed by atoms with E-state index in [1.807, 2.05) is 13.8 Å². The molecule has 0 fully saturated rings. The molecule has 0 aliphatic rings. The van der Waals surface area contributed by atoms with Crippen molar-refractivity contribution in [2.75, 3.05) is 13.7 Å². The Labute approximate surface area is 107 Å². The minimum Gasteiger partial charge on any atom is -0.465 e. The van der Waals surface area contributed by atoms with Gasteiger partial charge in [-0.2, -0.15) is 0 Å². The van der Waals surface area contributed by atoms with E-state index < -0.39 is 5.97 Å². The van der Waals surface area contributed by atoms with Crippen molar-refractivity contribution < 1.29 is 14.6 Å². The molecule has 18 heavy (non-hydrogen) atoms. The third kappa shape index (κ3) is 4.09. The maximum Gasteiger partial charge on any atom is 0.339 e. The topological polar surface area (TPSA) is 71.5 Å². The van der Waals surface area contributed by atoms with Crippen molar-refractivity contribution in [1.29, 1.82) is 0 Å². The lowest BCUT2D eigenvalue weighted by Gasteiger charge is -2.19. The van der Waals surface area contributed by atoms with Crippen LogP contribution in [0.25, 0.3) is 0 Å². The van der Waals surface area contributed by atoms with E-state index in [4.69, 9.17) is 0 Å². The van der Waals surface area contributed by atoms with Gasteiger partial charge in [0.25, 0.3) is 0 Å². The van der Waals surface area contributed by atoms with Gasteiger partial charge in [0.15, 0.2) is 0 Å². The second kappa shape index (κ2) is 7.08. The second-order valence-corrected chi connectivity index (χ2v) is 4.44. The smallest absolute Gasteiger partial charge is 0.339 e. The lowest BCUT2D eigenvalue weighted by atomic mass is 10.1. The zero-order chi connectivity index (χ0) is 13.5. The van der Waals surface area contributed by atoms with Crippen molar-refractivity contribution in [3.63, 3.8) is 0 Å². The molecular weight excluding hydrogens is 232 g/mol. The maximum absolute atomic E-state index is 11.2. The third-order valence-electron chi connectivity index (χ3n) is 2.79. The fourth-order valence-corrected chi connectivity index (χ4v) is 1.51. The summed E-state index contributed by atoms with van der Waals surface area (Å²) in [7, 11) is 1.34. The van der Waals surface area contributed by atoms with E-state index in [9.17, 15) is 9.90 Å². The van der Waals surface area contributed by atoms with Crippen LogP contribution in [0.3, 0.4) is 0 Å². The van der Waals surface area contributed by atoms with Crippen LogP contribution >= 0.6 is 0 Å². The Morgan fingerprint density at radius 2 is 2.22 bits per heavy atom. The average Bonchev–Trinajstić information content (AvgIpc) is 2.39. The van der Waals surface area contributed by atoms with Gasteiger partial charge in [0, 0.05) is 18.8 Å². The number of aliphatic hydroxyl groups is 1. The number of carbonyl (C=O) groups excluding carboxylic acids is 1. The molecule has 0 amide bonds. The van der Waals surface area contributed by atoms with E-state index in [0.717, 1.165) is 5.69 Å². The average molecular weight is 252 g/mol. The molecule has 0 bridgehead atoms.